The molecule has 0 unspecified atom stereocenters. The summed E-state index contributed by atoms with van der Waals surface area (Å²) in [5, 5.41) is 11.6. The van der Waals surface area contributed by atoms with Crippen molar-refractivity contribution in [2.24, 2.45) is 0 Å². The van der Waals surface area contributed by atoms with Gasteiger partial charge in [0.2, 0.25) is 0 Å². The summed E-state index contributed by atoms with van der Waals surface area (Å²) in [6, 6.07) is 14.8. The molecular weight excluding hydrogens is 344 g/mol. The van der Waals surface area contributed by atoms with Crippen LogP contribution in [0.5, 0.6) is 0 Å². The number of nitrogens with one attached hydrogen (secondary N) is 1. The van der Waals surface area contributed by atoms with Crippen molar-refractivity contribution in [2.75, 3.05) is 26.2 Å². The van der Waals surface area contributed by atoms with Gasteiger partial charge >= 0.3 is 0 Å². The van der Waals surface area contributed by atoms with E-state index in [1.54, 1.807) is 12.3 Å². The molecule has 1 fully saturated rings. The lowest BCUT2D eigenvalue weighted by atomic mass is 10.1. The van der Waals surface area contributed by atoms with Gasteiger partial charge in [-0.3, -0.25) is 19.8 Å². The van der Waals surface area contributed by atoms with E-state index in [4.69, 9.17) is 0 Å². The van der Waals surface area contributed by atoms with E-state index in [-0.39, 0.29) is 11.6 Å². The average molecular weight is 364 g/mol. The van der Waals surface area contributed by atoms with Crippen molar-refractivity contribution < 1.29 is 9.72 Å². The summed E-state index contributed by atoms with van der Waals surface area (Å²) in [5.41, 5.74) is 2.47. The third-order valence-corrected chi connectivity index (χ3v) is 5.02. The molecule has 0 spiro atoms. The first-order valence-corrected chi connectivity index (χ1v) is 8.93. The lowest BCUT2D eigenvalue weighted by Crippen LogP contribution is -2.48. The maximum absolute atomic E-state index is 12.9. The number of aromatic amines is 1. The molecule has 0 saturated carbocycles. The second kappa shape index (κ2) is 7.20. The highest BCUT2D eigenvalue weighted by Crippen LogP contribution is 2.25. The first kappa shape index (κ1) is 17.2. The van der Waals surface area contributed by atoms with Crippen LogP contribution in [0.15, 0.2) is 54.7 Å². The summed E-state index contributed by atoms with van der Waals surface area (Å²) in [6.45, 7) is 3.79. The second-order valence-corrected chi connectivity index (χ2v) is 6.74. The van der Waals surface area contributed by atoms with Crippen LogP contribution in [0.25, 0.3) is 10.9 Å². The summed E-state index contributed by atoms with van der Waals surface area (Å²) >= 11 is 0. The third-order valence-electron chi connectivity index (χ3n) is 5.02. The Labute approximate surface area is 156 Å². The number of nitrogens with zero attached hydrogens (tertiary/aromatic N) is 3. The van der Waals surface area contributed by atoms with Crippen LogP contribution in [0.3, 0.4) is 0 Å². The predicted molar refractivity (Wildman–Crippen MR) is 103 cm³/mol. The first-order chi connectivity index (χ1) is 13.1. The van der Waals surface area contributed by atoms with Crippen LogP contribution in [0.2, 0.25) is 0 Å². The normalized spacial score (nSPS) is 15.2. The van der Waals surface area contributed by atoms with E-state index in [0.29, 0.717) is 24.0 Å². The van der Waals surface area contributed by atoms with Crippen LogP contribution in [0.1, 0.15) is 15.9 Å². The van der Waals surface area contributed by atoms with Crippen LogP contribution < -0.4 is 0 Å². The summed E-state index contributed by atoms with van der Waals surface area (Å²) in [6.07, 6.45) is 1.65. The summed E-state index contributed by atoms with van der Waals surface area (Å²) in [7, 11) is 0. The molecule has 27 heavy (non-hydrogen) atoms. The molecule has 0 bridgehead atoms. The van der Waals surface area contributed by atoms with Crippen LogP contribution in [-0.4, -0.2) is 51.8 Å². The van der Waals surface area contributed by atoms with Gasteiger partial charge in [-0.25, -0.2) is 0 Å². The minimum Gasteiger partial charge on any atom is -0.360 e. The predicted octanol–water partition coefficient (Wildman–Crippen LogP) is 3.03. The van der Waals surface area contributed by atoms with Crippen LogP contribution in [0, 0.1) is 10.1 Å². The Morgan fingerprint density at radius 3 is 2.52 bits per heavy atom. The molecule has 2 aromatic carbocycles. The highest BCUT2D eigenvalue weighted by atomic mass is 16.6. The molecule has 0 atom stereocenters. The Bertz CT molecular complexity index is 975. The maximum Gasteiger partial charge on any atom is 0.270 e. The number of fused-ring (bicyclic) bond motifs is 1. The fourth-order valence-electron chi connectivity index (χ4n) is 3.52. The number of aromatic nitrogens is 1. The van der Waals surface area contributed by atoms with Gasteiger partial charge in [0.25, 0.3) is 11.6 Å². The molecule has 1 N–H and O–H groups in total. The van der Waals surface area contributed by atoms with E-state index in [1.165, 1.54) is 17.7 Å². The van der Waals surface area contributed by atoms with Crippen molar-refractivity contribution in [3.05, 3.63) is 76.0 Å². The fraction of sp³-hybridized carbons (Fsp3) is 0.250. The number of carbonyl (C=O) groups excluding carboxylic acids is 1. The largest absolute Gasteiger partial charge is 0.360 e. The molecule has 1 aromatic heterocycles. The number of carbonyl (C=O) groups is 1. The van der Waals surface area contributed by atoms with E-state index in [9.17, 15) is 14.9 Å². The molecule has 7 heteroatoms. The highest BCUT2D eigenvalue weighted by Gasteiger charge is 2.24. The quantitative estimate of drug-likeness (QED) is 0.570. The number of H-pyrrole nitrogens is 1. The Morgan fingerprint density at radius 2 is 1.81 bits per heavy atom. The number of hydrogen-bond acceptors (Lipinski definition) is 4. The summed E-state index contributed by atoms with van der Waals surface area (Å²) < 4.78 is 0. The standard InChI is InChI=1S/C20H20N4O3/c25-20(18-13-21-19-7-6-16(24(26)27)12-17(18)19)23-10-8-22(9-11-23)14-15-4-2-1-3-5-15/h1-7,12-13,21H,8-11,14H2. The third kappa shape index (κ3) is 3.54. The number of rotatable bonds is 4. The zero-order valence-electron chi connectivity index (χ0n) is 14.8. The van der Waals surface area contributed by atoms with Gasteiger partial charge in [-0.2, -0.15) is 0 Å². The van der Waals surface area contributed by atoms with Crippen LogP contribution in [-0.2, 0) is 6.54 Å². The highest BCUT2D eigenvalue weighted by molar-refractivity contribution is 6.07. The number of nitro groups is 1. The monoisotopic (exact) mass is 364 g/mol. The van der Waals surface area contributed by atoms with Gasteiger partial charge in [-0.1, -0.05) is 30.3 Å². The summed E-state index contributed by atoms with van der Waals surface area (Å²) in [4.78, 5) is 30.7. The molecule has 1 saturated heterocycles. The minimum atomic E-state index is -0.441. The first-order valence-electron chi connectivity index (χ1n) is 8.93. The molecular formula is C20H20N4O3. The molecule has 1 aliphatic heterocycles. The number of benzene rings is 2. The number of amides is 1. The Hall–Kier alpha value is -3.19. The number of piperazine rings is 1. The molecule has 0 radical (unpaired) electrons. The van der Waals surface area contributed by atoms with Gasteiger partial charge in [0.05, 0.1) is 10.5 Å². The van der Waals surface area contributed by atoms with Gasteiger partial charge < -0.3 is 9.88 Å². The van der Waals surface area contributed by atoms with Gasteiger partial charge in [0, 0.05) is 62.0 Å². The van der Waals surface area contributed by atoms with Crippen molar-refractivity contribution >= 4 is 22.5 Å². The Kier molecular flexibility index (Phi) is 4.60. The smallest absolute Gasteiger partial charge is 0.270 e. The Balaban J connectivity index is 1.46. The SMILES string of the molecule is O=C(c1c[nH]c2ccc([N+](=O)[O-])cc12)N1CCN(Cc2ccccc2)CC1. The number of nitro benzene ring substituents is 1. The molecule has 0 aliphatic carbocycles. The van der Waals surface area contributed by atoms with Gasteiger partial charge in [-0.05, 0) is 11.6 Å². The van der Waals surface area contributed by atoms with Crippen molar-refractivity contribution in [3.63, 3.8) is 0 Å². The van der Waals surface area contributed by atoms with E-state index < -0.39 is 4.92 Å². The average Bonchev–Trinajstić information content (AvgIpc) is 3.12. The molecule has 138 valence electrons. The van der Waals surface area contributed by atoms with Gasteiger partial charge in [0.1, 0.15) is 0 Å². The molecule has 1 aliphatic rings. The van der Waals surface area contributed by atoms with Crippen molar-refractivity contribution in [2.45, 2.75) is 6.54 Å². The fourth-order valence-corrected chi connectivity index (χ4v) is 3.52. The van der Waals surface area contributed by atoms with Crippen molar-refractivity contribution in [3.8, 4) is 0 Å². The lowest BCUT2D eigenvalue weighted by molar-refractivity contribution is -0.384. The molecule has 1 amide bonds. The van der Waals surface area contributed by atoms with Crippen molar-refractivity contribution in [1.82, 2.24) is 14.8 Å². The minimum absolute atomic E-state index is 0.0103. The molecule has 2 heterocycles. The Morgan fingerprint density at radius 1 is 1.07 bits per heavy atom. The van der Waals surface area contributed by atoms with Crippen LogP contribution >= 0.6 is 0 Å². The number of non-ortho nitro benzene ring substituents is 1. The van der Waals surface area contributed by atoms with E-state index >= 15 is 0 Å². The number of hydrogen-bond donors (Lipinski definition) is 1. The van der Waals surface area contributed by atoms with Crippen LogP contribution in [0.4, 0.5) is 5.69 Å². The van der Waals surface area contributed by atoms with E-state index in [1.807, 2.05) is 23.1 Å². The maximum atomic E-state index is 12.9. The molecule has 7 nitrogen and oxygen atoms in total. The zero-order chi connectivity index (χ0) is 18.8. The molecule has 3 aromatic rings. The van der Waals surface area contributed by atoms with E-state index in [2.05, 4.69) is 22.0 Å². The van der Waals surface area contributed by atoms with Crippen molar-refractivity contribution in [1.29, 1.82) is 0 Å². The van der Waals surface area contributed by atoms with Gasteiger partial charge in [0.15, 0.2) is 0 Å². The second-order valence-electron chi connectivity index (χ2n) is 6.74. The van der Waals surface area contributed by atoms with Gasteiger partial charge in [-0.15, -0.1) is 0 Å². The topological polar surface area (TPSA) is 82.5 Å². The van der Waals surface area contributed by atoms with E-state index in [0.717, 1.165) is 25.2 Å². The zero-order valence-corrected chi connectivity index (χ0v) is 14.8. The molecule has 4 rings (SSSR count). The lowest BCUT2D eigenvalue weighted by Gasteiger charge is -2.34. The summed E-state index contributed by atoms with van der Waals surface area (Å²) in [5.74, 6) is -0.0823.